The van der Waals surface area contributed by atoms with Crippen LogP contribution < -0.4 is 5.43 Å². The van der Waals surface area contributed by atoms with Crippen LogP contribution in [-0.2, 0) is 13.6 Å². The Hall–Kier alpha value is -2.89. The normalized spacial score (nSPS) is 10.9. The van der Waals surface area contributed by atoms with Crippen LogP contribution in [0.2, 0.25) is 0 Å². The molecule has 0 aliphatic carbocycles. The Morgan fingerprint density at radius 1 is 1.29 bits per heavy atom. The van der Waals surface area contributed by atoms with Gasteiger partial charge in [0.05, 0.1) is 17.8 Å². The van der Waals surface area contributed by atoms with E-state index in [1.165, 1.54) is 12.3 Å². The van der Waals surface area contributed by atoms with Gasteiger partial charge < -0.3 is 9.67 Å². The summed E-state index contributed by atoms with van der Waals surface area (Å²) in [4.78, 5) is 22.5. The molecule has 1 aromatic carbocycles. The van der Waals surface area contributed by atoms with Crippen molar-refractivity contribution in [2.45, 2.75) is 6.54 Å². The molecule has 0 aliphatic rings. The van der Waals surface area contributed by atoms with Gasteiger partial charge in [-0.1, -0.05) is 18.2 Å². The number of carbonyl (C=O) groups is 1. The number of carboxylic acids is 1. The minimum Gasteiger partial charge on any atom is -0.477 e. The number of pyridine rings is 1. The molecule has 6 nitrogen and oxygen atoms in total. The SMILES string of the molecule is Cn1nc(Cn2ccc(=O)c(C(=O)O)c2)c2ccccc21. The summed E-state index contributed by atoms with van der Waals surface area (Å²) in [6, 6.07) is 9.07. The molecular formula is C15H13N3O3. The summed E-state index contributed by atoms with van der Waals surface area (Å²) in [6.45, 7) is 0.405. The zero-order valence-corrected chi connectivity index (χ0v) is 11.4. The molecule has 6 heteroatoms. The summed E-state index contributed by atoms with van der Waals surface area (Å²) in [7, 11) is 1.86. The Bertz CT molecular complexity index is 893. The van der Waals surface area contributed by atoms with Crippen LogP contribution in [0.3, 0.4) is 0 Å². The molecule has 21 heavy (non-hydrogen) atoms. The lowest BCUT2D eigenvalue weighted by atomic mass is 10.2. The van der Waals surface area contributed by atoms with Crippen molar-refractivity contribution < 1.29 is 9.90 Å². The number of aryl methyl sites for hydroxylation is 1. The van der Waals surface area contributed by atoms with Crippen LogP contribution in [0, 0.1) is 0 Å². The first-order valence-corrected chi connectivity index (χ1v) is 6.40. The first-order chi connectivity index (χ1) is 10.1. The van der Waals surface area contributed by atoms with E-state index in [-0.39, 0.29) is 5.56 Å². The van der Waals surface area contributed by atoms with Crippen molar-refractivity contribution in [3.8, 4) is 0 Å². The number of hydrogen-bond acceptors (Lipinski definition) is 3. The second-order valence-electron chi connectivity index (χ2n) is 4.79. The molecule has 2 heterocycles. The fourth-order valence-electron chi connectivity index (χ4n) is 2.36. The summed E-state index contributed by atoms with van der Waals surface area (Å²) in [6.07, 6.45) is 2.91. The number of aromatic nitrogens is 3. The average Bonchev–Trinajstić information content (AvgIpc) is 2.78. The molecule has 0 aliphatic heterocycles. The number of nitrogens with zero attached hydrogens (tertiary/aromatic N) is 3. The van der Waals surface area contributed by atoms with E-state index >= 15 is 0 Å². The van der Waals surface area contributed by atoms with Crippen LogP contribution in [0.25, 0.3) is 10.9 Å². The molecule has 0 unspecified atom stereocenters. The van der Waals surface area contributed by atoms with Crippen LogP contribution in [0.5, 0.6) is 0 Å². The second kappa shape index (κ2) is 4.90. The molecule has 3 rings (SSSR count). The van der Waals surface area contributed by atoms with Crippen molar-refractivity contribution in [3.63, 3.8) is 0 Å². The first kappa shape index (κ1) is 13.1. The molecule has 0 fully saturated rings. The van der Waals surface area contributed by atoms with E-state index in [4.69, 9.17) is 5.11 Å². The molecule has 0 amide bonds. The molecule has 2 aromatic heterocycles. The molecule has 0 spiro atoms. The van der Waals surface area contributed by atoms with Gasteiger partial charge in [-0.3, -0.25) is 9.48 Å². The van der Waals surface area contributed by atoms with Gasteiger partial charge in [0.15, 0.2) is 5.43 Å². The lowest BCUT2D eigenvalue weighted by Crippen LogP contribution is -2.17. The van der Waals surface area contributed by atoms with Crippen molar-refractivity contribution in [3.05, 3.63) is 64.2 Å². The summed E-state index contributed by atoms with van der Waals surface area (Å²) in [5, 5.41) is 14.5. The number of hydrogen-bond donors (Lipinski definition) is 1. The summed E-state index contributed by atoms with van der Waals surface area (Å²) in [5.74, 6) is -1.22. The monoisotopic (exact) mass is 283 g/mol. The zero-order valence-electron chi connectivity index (χ0n) is 11.4. The summed E-state index contributed by atoms with van der Waals surface area (Å²) < 4.78 is 3.44. The highest BCUT2D eigenvalue weighted by atomic mass is 16.4. The molecule has 0 saturated heterocycles. The van der Waals surface area contributed by atoms with E-state index in [1.54, 1.807) is 15.4 Å². The van der Waals surface area contributed by atoms with Gasteiger partial charge in [0, 0.05) is 30.9 Å². The lowest BCUT2D eigenvalue weighted by molar-refractivity contribution is 0.0694. The van der Waals surface area contributed by atoms with Crippen LogP contribution in [0.4, 0.5) is 0 Å². The van der Waals surface area contributed by atoms with E-state index in [0.29, 0.717) is 6.54 Å². The van der Waals surface area contributed by atoms with Gasteiger partial charge in [0.25, 0.3) is 0 Å². The first-order valence-electron chi connectivity index (χ1n) is 6.40. The number of para-hydroxylation sites is 1. The minimum atomic E-state index is -1.22. The molecule has 0 radical (unpaired) electrons. The van der Waals surface area contributed by atoms with E-state index < -0.39 is 11.4 Å². The van der Waals surface area contributed by atoms with Gasteiger partial charge in [-0.25, -0.2) is 4.79 Å². The van der Waals surface area contributed by atoms with Gasteiger partial charge in [-0.05, 0) is 6.07 Å². The van der Waals surface area contributed by atoms with Gasteiger partial charge in [-0.2, -0.15) is 5.10 Å². The highest BCUT2D eigenvalue weighted by molar-refractivity contribution is 5.87. The Morgan fingerprint density at radius 2 is 2.05 bits per heavy atom. The van der Waals surface area contributed by atoms with Gasteiger partial charge in [-0.15, -0.1) is 0 Å². The molecule has 0 atom stereocenters. The molecule has 106 valence electrons. The standard InChI is InChI=1S/C15H13N3O3/c1-17-13-5-3-2-4-10(13)12(16-17)9-18-7-6-14(19)11(8-18)15(20)21/h2-8H,9H2,1H3,(H,20,21). The second-order valence-corrected chi connectivity index (χ2v) is 4.79. The van der Waals surface area contributed by atoms with Crippen LogP contribution in [-0.4, -0.2) is 25.4 Å². The summed E-state index contributed by atoms with van der Waals surface area (Å²) >= 11 is 0. The van der Waals surface area contributed by atoms with Gasteiger partial charge >= 0.3 is 5.97 Å². The van der Waals surface area contributed by atoms with Crippen molar-refractivity contribution in [2.24, 2.45) is 7.05 Å². The molecule has 1 N–H and O–H groups in total. The maximum Gasteiger partial charge on any atom is 0.341 e. The number of benzene rings is 1. The third kappa shape index (κ3) is 2.31. The Labute approximate surface area is 119 Å². The lowest BCUT2D eigenvalue weighted by Gasteiger charge is -2.05. The third-order valence-electron chi connectivity index (χ3n) is 3.37. The van der Waals surface area contributed by atoms with E-state index in [2.05, 4.69) is 5.10 Å². The maximum absolute atomic E-state index is 11.5. The number of rotatable bonds is 3. The smallest absolute Gasteiger partial charge is 0.341 e. The number of fused-ring (bicyclic) bond motifs is 1. The highest BCUT2D eigenvalue weighted by Gasteiger charge is 2.11. The quantitative estimate of drug-likeness (QED) is 0.790. The van der Waals surface area contributed by atoms with Crippen molar-refractivity contribution in [1.29, 1.82) is 0 Å². The van der Waals surface area contributed by atoms with E-state index in [0.717, 1.165) is 16.6 Å². The Balaban J connectivity index is 2.05. The molecule has 0 bridgehead atoms. The van der Waals surface area contributed by atoms with Crippen molar-refractivity contribution >= 4 is 16.9 Å². The van der Waals surface area contributed by atoms with E-state index in [1.807, 2.05) is 31.3 Å². The number of carboxylic acid groups (broad SMARTS) is 1. The fraction of sp³-hybridized carbons (Fsp3) is 0.133. The Morgan fingerprint density at radius 3 is 2.81 bits per heavy atom. The topological polar surface area (TPSA) is 77.1 Å². The van der Waals surface area contributed by atoms with Gasteiger partial charge in [0.1, 0.15) is 5.56 Å². The average molecular weight is 283 g/mol. The Kier molecular flexibility index (Phi) is 3.06. The maximum atomic E-state index is 11.5. The molecule has 3 aromatic rings. The molecule has 0 saturated carbocycles. The van der Waals surface area contributed by atoms with Crippen molar-refractivity contribution in [2.75, 3.05) is 0 Å². The fourth-order valence-corrected chi connectivity index (χ4v) is 2.36. The minimum absolute atomic E-state index is 0.238. The summed E-state index contributed by atoms with van der Waals surface area (Å²) in [5.41, 5.74) is 1.10. The van der Waals surface area contributed by atoms with Crippen molar-refractivity contribution in [1.82, 2.24) is 14.3 Å². The van der Waals surface area contributed by atoms with Crippen LogP contribution in [0.1, 0.15) is 16.1 Å². The molecular weight excluding hydrogens is 270 g/mol. The van der Waals surface area contributed by atoms with Crippen LogP contribution in [0.15, 0.2) is 47.5 Å². The third-order valence-corrected chi connectivity index (χ3v) is 3.37. The number of aromatic carboxylic acids is 1. The van der Waals surface area contributed by atoms with Crippen LogP contribution >= 0.6 is 0 Å². The largest absolute Gasteiger partial charge is 0.477 e. The predicted molar refractivity (Wildman–Crippen MR) is 77.5 cm³/mol. The zero-order chi connectivity index (χ0) is 15.0. The van der Waals surface area contributed by atoms with E-state index in [9.17, 15) is 9.59 Å². The predicted octanol–water partition coefficient (Wildman–Crippen LogP) is 1.48. The highest BCUT2D eigenvalue weighted by Crippen LogP contribution is 2.18. The van der Waals surface area contributed by atoms with Gasteiger partial charge in [0.2, 0.25) is 0 Å².